The lowest BCUT2D eigenvalue weighted by atomic mass is 10.2. The molecular weight excluding hydrogens is 396 g/mol. The third kappa shape index (κ3) is 5.49. The lowest BCUT2D eigenvalue weighted by Gasteiger charge is -2.36. The molecule has 31 heavy (non-hydrogen) atoms. The summed E-state index contributed by atoms with van der Waals surface area (Å²) in [4.78, 5) is 39.2. The highest BCUT2D eigenvalue weighted by Crippen LogP contribution is 2.24. The van der Waals surface area contributed by atoms with Crippen molar-refractivity contribution in [2.45, 2.75) is 19.9 Å². The van der Waals surface area contributed by atoms with Crippen LogP contribution < -0.4 is 10.2 Å². The number of carbonyl (C=O) groups excluding carboxylic acids is 2. The van der Waals surface area contributed by atoms with Gasteiger partial charge in [-0.3, -0.25) is 14.6 Å². The van der Waals surface area contributed by atoms with E-state index >= 15 is 0 Å². The highest BCUT2D eigenvalue weighted by molar-refractivity contribution is 5.96. The maximum Gasteiger partial charge on any atom is 0.272 e. The van der Waals surface area contributed by atoms with Crippen LogP contribution in [0.4, 0.5) is 11.5 Å². The topological polar surface area (TPSA) is 102 Å². The maximum absolute atomic E-state index is 12.9. The third-order valence-corrected chi connectivity index (χ3v) is 5.11. The number of hydrogen-bond donors (Lipinski definition) is 2. The van der Waals surface area contributed by atoms with E-state index < -0.39 is 0 Å². The molecule has 0 bridgehead atoms. The number of amides is 2. The number of nitrogens with one attached hydrogen (secondary N) is 1. The van der Waals surface area contributed by atoms with E-state index in [1.807, 2.05) is 12.1 Å². The van der Waals surface area contributed by atoms with E-state index in [1.54, 1.807) is 30.3 Å². The Morgan fingerprint density at radius 2 is 1.90 bits per heavy atom. The summed E-state index contributed by atoms with van der Waals surface area (Å²) in [6.45, 7) is 6.81. The van der Waals surface area contributed by atoms with Crippen LogP contribution in [0.3, 0.4) is 0 Å². The minimum Gasteiger partial charge on any atom is -0.395 e. The predicted molar refractivity (Wildman–Crippen MR) is 119 cm³/mol. The van der Waals surface area contributed by atoms with Crippen LogP contribution in [-0.2, 0) is 0 Å². The summed E-state index contributed by atoms with van der Waals surface area (Å²) < 4.78 is 0. The fourth-order valence-corrected chi connectivity index (χ4v) is 3.47. The minimum atomic E-state index is -0.240. The molecule has 0 aliphatic carbocycles. The molecule has 2 amide bonds. The molecule has 1 aliphatic heterocycles. The lowest BCUT2D eigenvalue weighted by molar-refractivity contribution is 0.0735. The third-order valence-electron chi connectivity index (χ3n) is 5.11. The van der Waals surface area contributed by atoms with E-state index in [2.05, 4.69) is 34.0 Å². The average Bonchev–Trinajstić information content (AvgIpc) is 2.78. The molecule has 9 heteroatoms. The maximum atomic E-state index is 12.9. The standard InChI is InChI=1S/C22H30N6O3/c1-16(2)25-18-5-4-8-23-20(18)27-9-11-28(12-10-27)22(31)19-7-6-17(15-24-19)21(30)26(3)13-14-29/h4-8,15-16,25,29H,9-14H2,1-3H3. The van der Waals surface area contributed by atoms with Gasteiger partial charge in [0.05, 0.1) is 17.9 Å². The number of piperazine rings is 1. The monoisotopic (exact) mass is 426 g/mol. The molecule has 3 rings (SSSR count). The largest absolute Gasteiger partial charge is 0.395 e. The molecule has 166 valence electrons. The number of aromatic nitrogens is 2. The van der Waals surface area contributed by atoms with Crippen LogP contribution in [-0.4, -0.2) is 89.1 Å². The van der Waals surface area contributed by atoms with Gasteiger partial charge in [-0.25, -0.2) is 4.98 Å². The van der Waals surface area contributed by atoms with Crippen molar-refractivity contribution in [3.05, 3.63) is 47.9 Å². The van der Waals surface area contributed by atoms with Gasteiger partial charge in [0.2, 0.25) is 0 Å². The van der Waals surface area contributed by atoms with Crippen LogP contribution in [0.2, 0.25) is 0 Å². The van der Waals surface area contributed by atoms with Gasteiger partial charge in [0, 0.05) is 58.2 Å². The summed E-state index contributed by atoms with van der Waals surface area (Å²) in [5.74, 6) is 0.510. The first kappa shape index (κ1) is 22.5. The van der Waals surface area contributed by atoms with Gasteiger partial charge in [0.25, 0.3) is 11.8 Å². The zero-order chi connectivity index (χ0) is 22.4. The summed E-state index contributed by atoms with van der Waals surface area (Å²) in [5.41, 5.74) is 1.69. The molecular formula is C22H30N6O3. The fraction of sp³-hybridized carbons (Fsp3) is 0.455. The molecule has 1 aliphatic rings. The van der Waals surface area contributed by atoms with Gasteiger partial charge in [0.15, 0.2) is 5.82 Å². The molecule has 0 spiro atoms. The highest BCUT2D eigenvalue weighted by atomic mass is 16.3. The van der Waals surface area contributed by atoms with Crippen molar-refractivity contribution in [3.63, 3.8) is 0 Å². The summed E-state index contributed by atoms with van der Waals surface area (Å²) in [6.07, 6.45) is 3.20. The highest BCUT2D eigenvalue weighted by Gasteiger charge is 2.25. The molecule has 1 saturated heterocycles. The van der Waals surface area contributed by atoms with Gasteiger partial charge in [-0.05, 0) is 38.1 Å². The number of hydrogen-bond acceptors (Lipinski definition) is 7. The van der Waals surface area contributed by atoms with Crippen molar-refractivity contribution < 1.29 is 14.7 Å². The van der Waals surface area contributed by atoms with Gasteiger partial charge >= 0.3 is 0 Å². The lowest BCUT2D eigenvalue weighted by Crippen LogP contribution is -2.49. The fourth-order valence-electron chi connectivity index (χ4n) is 3.47. The molecule has 0 aromatic carbocycles. The Hall–Kier alpha value is -3.20. The van der Waals surface area contributed by atoms with E-state index in [0.29, 0.717) is 43.5 Å². The van der Waals surface area contributed by atoms with Crippen molar-refractivity contribution in [3.8, 4) is 0 Å². The number of carbonyl (C=O) groups is 2. The van der Waals surface area contributed by atoms with Crippen LogP contribution in [0.15, 0.2) is 36.7 Å². The first-order valence-electron chi connectivity index (χ1n) is 10.5. The number of nitrogens with zero attached hydrogens (tertiary/aromatic N) is 5. The molecule has 3 heterocycles. The number of anilines is 2. The molecule has 0 saturated carbocycles. The van der Waals surface area contributed by atoms with Crippen molar-refractivity contribution in [2.75, 3.05) is 56.6 Å². The first-order chi connectivity index (χ1) is 14.9. The van der Waals surface area contributed by atoms with Crippen molar-refractivity contribution in [1.82, 2.24) is 19.8 Å². The van der Waals surface area contributed by atoms with Crippen LogP contribution in [0.25, 0.3) is 0 Å². The van der Waals surface area contributed by atoms with Crippen molar-refractivity contribution in [2.24, 2.45) is 0 Å². The van der Waals surface area contributed by atoms with Crippen LogP contribution in [0.1, 0.15) is 34.7 Å². The van der Waals surface area contributed by atoms with Gasteiger partial charge in [-0.15, -0.1) is 0 Å². The minimum absolute atomic E-state index is 0.105. The van der Waals surface area contributed by atoms with Gasteiger partial charge in [-0.2, -0.15) is 0 Å². The smallest absolute Gasteiger partial charge is 0.272 e. The zero-order valence-electron chi connectivity index (χ0n) is 18.3. The number of pyridine rings is 2. The normalized spacial score (nSPS) is 14.0. The predicted octanol–water partition coefficient (Wildman–Crippen LogP) is 1.32. The van der Waals surface area contributed by atoms with Gasteiger partial charge < -0.3 is 25.1 Å². The Morgan fingerprint density at radius 3 is 2.52 bits per heavy atom. The molecule has 9 nitrogen and oxygen atoms in total. The van der Waals surface area contributed by atoms with Gasteiger partial charge in [-0.1, -0.05) is 0 Å². The Labute approximate surface area is 182 Å². The molecule has 2 aromatic rings. The molecule has 2 aromatic heterocycles. The Kier molecular flexibility index (Phi) is 7.41. The molecule has 2 N–H and O–H groups in total. The van der Waals surface area contributed by atoms with Crippen LogP contribution in [0, 0.1) is 0 Å². The first-order valence-corrected chi connectivity index (χ1v) is 10.5. The Balaban J connectivity index is 1.61. The zero-order valence-corrected chi connectivity index (χ0v) is 18.3. The van der Waals surface area contributed by atoms with Crippen LogP contribution >= 0.6 is 0 Å². The summed E-state index contributed by atoms with van der Waals surface area (Å²) >= 11 is 0. The number of rotatable bonds is 7. The van der Waals surface area contributed by atoms with Gasteiger partial charge in [0.1, 0.15) is 5.69 Å². The number of aliphatic hydroxyl groups excluding tert-OH is 1. The second-order valence-corrected chi connectivity index (χ2v) is 7.84. The molecule has 0 unspecified atom stereocenters. The van der Waals surface area contributed by atoms with E-state index in [-0.39, 0.29) is 25.0 Å². The van der Waals surface area contributed by atoms with E-state index in [1.165, 1.54) is 11.1 Å². The quantitative estimate of drug-likeness (QED) is 0.689. The van der Waals surface area contributed by atoms with E-state index in [4.69, 9.17) is 5.11 Å². The molecule has 0 atom stereocenters. The molecule has 0 radical (unpaired) electrons. The summed E-state index contributed by atoms with van der Waals surface area (Å²) in [7, 11) is 1.61. The summed E-state index contributed by atoms with van der Waals surface area (Å²) in [6, 6.07) is 7.42. The van der Waals surface area contributed by atoms with Crippen molar-refractivity contribution >= 4 is 23.3 Å². The van der Waals surface area contributed by atoms with Crippen LogP contribution in [0.5, 0.6) is 0 Å². The second-order valence-electron chi connectivity index (χ2n) is 7.84. The molecule has 1 fully saturated rings. The Bertz CT molecular complexity index is 894. The van der Waals surface area contributed by atoms with E-state index in [9.17, 15) is 9.59 Å². The van der Waals surface area contributed by atoms with Crippen molar-refractivity contribution in [1.29, 1.82) is 0 Å². The van der Waals surface area contributed by atoms with E-state index in [0.717, 1.165) is 11.5 Å². The number of likely N-dealkylation sites (N-methyl/N-ethyl adjacent to an activating group) is 1. The average molecular weight is 427 g/mol. The SMILES string of the molecule is CC(C)Nc1cccnc1N1CCN(C(=O)c2ccc(C(=O)N(C)CCO)cn2)CC1. The summed E-state index contributed by atoms with van der Waals surface area (Å²) in [5, 5.41) is 12.4. The number of aliphatic hydroxyl groups is 1. The Morgan fingerprint density at radius 1 is 1.16 bits per heavy atom. The second kappa shape index (κ2) is 10.2.